The molecule has 0 radical (unpaired) electrons. The fraction of sp³-hybridized carbons (Fsp3) is 0. The van der Waals surface area contributed by atoms with Gasteiger partial charge in [-0.15, -0.1) is 0 Å². The molecule has 0 spiro atoms. The monoisotopic (exact) mass is 433 g/mol. The Hall–Kier alpha value is -3.81. The predicted molar refractivity (Wildman–Crippen MR) is 132 cm³/mol. The van der Waals surface area contributed by atoms with Crippen LogP contribution in [0.5, 0.6) is 0 Å². The summed E-state index contributed by atoms with van der Waals surface area (Å²) in [7, 11) is 0. The molecule has 154 valence electrons. The third kappa shape index (κ3) is 2.34. The molecule has 3 nitrogen and oxygen atoms in total. The van der Waals surface area contributed by atoms with Gasteiger partial charge in [0.2, 0.25) is 0 Å². The number of hydrogen-bond acceptors (Lipinski definition) is 3. The summed E-state index contributed by atoms with van der Waals surface area (Å²) < 4.78 is 12.4. The van der Waals surface area contributed by atoms with Crippen molar-refractivity contribution in [1.29, 1.82) is 0 Å². The zero-order chi connectivity index (χ0) is 21.6. The van der Waals surface area contributed by atoms with Crippen LogP contribution < -0.4 is 15.9 Å². The normalized spacial score (nSPS) is 19.1. The summed E-state index contributed by atoms with van der Waals surface area (Å²) in [4.78, 5) is 13.3. The molecular weight excluding hydrogens is 413 g/mol. The molecule has 4 heteroatoms. The Morgan fingerprint density at radius 2 is 0.969 bits per heavy atom. The Bertz CT molecular complexity index is 1300. The van der Waals surface area contributed by atoms with Crippen LogP contribution >= 0.6 is 6.98 Å². The van der Waals surface area contributed by atoms with Crippen LogP contribution in [0, 0.1) is 0 Å². The molecule has 0 amide bonds. The van der Waals surface area contributed by atoms with E-state index < -0.39 is 6.98 Å². The minimum atomic E-state index is -3.80. The molecule has 4 aromatic carbocycles. The number of carbonyl (C=O) groups excluding carboxylic acids is 1. The van der Waals surface area contributed by atoms with E-state index in [1.54, 1.807) is 0 Å². The number of hydrogen-bond donors (Lipinski definition) is 0. The van der Waals surface area contributed by atoms with Crippen LogP contribution in [0.2, 0.25) is 0 Å². The topological polar surface area (TPSA) is 38.7 Å². The number of ketones is 1. The van der Waals surface area contributed by atoms with Crippen molar-refractivity contribution in [3.63, 3.8) is 0 Å². The molecule has 0 saturated heterocycles. The summed E-state index contributed by atoms with van der Waals surface area (Å²) in [6, 6.07) is 40.1. The van der Waals surface area contributed by atoms with Crippen LogP contribution in [-0.4, -0.2) is 11.5 Å². The maximum atomic E-state index is 13.3. The van der Waals surface area contributed by atoms with Crippen molar-refractivity contribution in [1.82, 2.24) is 0 Å². The Morgan fingerprint density at radius 1 is 0.562 bits per heavy atom. The fourth-order valence-electron chi connectivity index (χ4n) is 4.71. The van der Waals surface area contributed by atoms with E-state index in [-0.39, 0.29) is 5.78 Å². The molecule has 1 heterocycles. The van der Waals surface area contributed by atoms with Crippen molar-refractivity contribution in [2.75, 3.05) is 0 Å². The number of carbonyl (C=O) groups is 1. The first-order valence-electron chi connectivity index (χ1n) is 10.6. The molecule has 0 bridgehead atoms. The van der Waals surface area contributed by atoms with Crippen molar-refractivity contribution in [3.05, 3.63) is 133 Å². The minimum absolute atomic E-state index is 0.0551. The van der Waals surface area contributed by atoms with Gasteiger partial charge in [-0.2, -0.15) is 0 Å². The van der Waals surface area contributed by atoms with Gasteiger partial charge in [0.15, 0.2) is 0 Å². The Labute approximate surface area is 186 Å². The van der Waals surface area contributed by atoms with E-state index in [4.69, 9.17) is 9.29 Å². The quantitative estimate of drug-likeness (QED) is 0.433. The van der Waals surface area contributed by atoms with Crippen molar-refractivity contribution < 1.29 is 9.32 Å². The zero-order valence-electron chi connectivity index (χ0n) is 17.3. The molecule has 1 aliphatic carbocycles. The molecule has 1 aliphatic heterocycles. The van der Waals surface area contributed by atoms with E-state index in [0.29, 0.717) is 17.0 Å². The van der Waals surface area contributed by atoms with Gasteiger partial charge in [0.05, 0.1) is 0 Å². The predicted octanol–water partition coefficient (Wildman–Crippen LogP) is 4.81. The van der Waals surface area contributed by atoms with Crippen LogP contribution in [0.4, 0.5) is 0 Å². The van der Waals surface area contributed by atoms with Crippen molar-refractivity contribution in [3.8, 4) is 0 Å². The molecule has 0 saturated carbocycles. The van der Waals surface area contributed by atoms with Crippen LogP contribution in [0.3, 0.4) is 0 Å². The molecule has 32 heavy (non-hydrogen) atoms. The van der Waals surface area contributed by atoms with Gasteiger partial charge in [0.1, 0.15) is 0 Å². The molecule has 0 aromatic heterocycles. The van der Waals surface area contributed by atoms with Gasteiger partial charge in [-0.25, -0.2) is 0 Å². The third-order valence-corrected chi connectivity index (χ3v) is 11.1. The van der Waals surface area contributed by atoms with Gasteiger partial charge in [-0.3, -0.25) is 0 Å². The molecular formula is C28H20NO2P. The Balaban J connectivity index is 1.74. The zero-order valence-corrected chi connectivity index (χ0v) is 18.2. The first-order chi connectivity index (χ1) is 15.7. The summed E-state index contributed by atoms with van der Waals surface area (Å²) in [6.07, 6.45) is 0. The van der Waals surface area contributed by atoms with Gasteiger partial charge in [0.25, 0.3) is 0 Å². The molecule has 0 fully saturated rings. The first kappa shape index (κ1) is 18.9. The van der Waals surface area contributed by atoms with E-state index in [1.165, 1.54) is 0 Å². The van der Waals surface area contributed by atoms with Crippen LogP contribution in [-0.2, 0) is 9.32 Å². The maximum absolute atomic E-state index is 13.3. The first-order valence-corrected chi connectivity index (χ1v) is 12.7. The fourth-order valence-corrected chi connectivity index (χ4v) is 9.58. The van der Waals surface area contributed by atoms with E-state index in [0.717, 1.165) is 21.5 Å². The number of nitrogens with zero attached hydrogens (tertiary/aromatic N) is 1. The third-order valence-electron chi connectivity index (χ3n) is 6.21. The summed E-state index contributed by atoms with van der Waals surface area (Å²) in [6.45, 7) is -3.80. The Kier molecular flexibility index (Phi) is 4.05. The van der Waals surface area contributed by atoms with E-state index in [1.807, 2.05) is 84.9 Å². The summed E-state index contributed by atoms with van der Waals surface area (Å²) in [5.74, 6) is 0.552. The average Bonchev–Trinajstić information content (AvgIpc) is 3.21. The molecule has 0 unspecified atom stereocenters. The number of Topliss-reactive ketones (excluding diaryl/α,β-unsaturated/α-hetero) is 1. The van der Waals surface area contributed by atoms with Crippen molar-refractivity contribution >= 4 is 40.0 Å². The van der Waals surface area contributed by atoms with Crippen molar-refractivity contribution in [2.24, 2.45) is 4.76 Å². The average molecular weight is 433 g/mol. The van der Waals surface area contributed by atoms with Gasteiger partial charge < -0.3 is 0 Å². The summed E-state index contributed by atoms with van der Waals surface area (Å²) in [5.41, 5.74) is 1.91. The second kappa shape index (κ2) is 6.85. The number of fused-ring (bicyclic) bond motifs is 1. The van der Waals surface area contributed by atoms with Crippen LogP contribution in [0.1, 0.15) is 5.56 Å². The standard InChI is InChI=1S/C28H20NO2P/c30-27-25(21-13-5-1-6-14-21)28-26(27)29-32(31-28,22-15-7-2-8-16-22,23-17-9-3-10-18-23)24-19-11-4-12-20-24/h1-20H. The number of benzene rings is 4. The molecule has 2 aliphatic rings. The molecule has 4 aromatic rings. The summed E-state index contributed by atoms with van der Waals surface area (Å²) >= 11 is 0. The SMILES string of the molecule is O=C1C2=NP(c3ccccc3)(c3ccccc3)(c3ccccc3)OC2=C1c1ccccc1. The molecule has 0 N–H and O–H groups in total. The van der Waals surface area contributed by atoms with E-state index in [2.05, 4.69) is 36.4 Å². The Morgan fingerprint density at radius 3 is 1.41 bits per heavy atom. The summed E-state index contributed by atoms with van der Waals surface area (Å²) in [5, 5.41) is 2.93. The molecule has 0 atom stereocenters. The number of allylic oxidation sites excluding steroid dienone is 2. The van der Waals surface area contributed by atoms with Gasteiger partial charge in [0, 0.05) is 0 Å². The number of rotatable bonds is 4. The van der Waals surface area contributed by atoms with Gasteiger partial charge in [-0.05, 0) is 0 Å². The second-order valence-electron chi connectivity index (χ2n) is 7.94. The van der Waals surface area contributed by atoms with Crippen molar-refractivity contribution in [2.45, 2.75) is 0 Å². The van der Waals surface area contributed by atoms with Gasteiger partial charge >= 0.3 is 187 Å². The second-order valence-corrected chi connectivity index (χ2v) is 11.9. The van der Waals surface area contributed by atoms with Crippen LogP contribution in [0.15, 0.2) is 132 Å². The van der Waals surface area contributed by atoms with E-state index in [9.17, 15) is 4.79 Å². The van der Waals surface area contributed by atoms with Gasteiger partial charge in [-0.1, -0.05) is 0 Å². The van der Waals surface area contributed by atoms with Crippen LogP contribution in [0.25, 0.3) is 5.57 Å². The van der Waals surface area contributed by atoms with E-state index >= 15 is 0 Å². The molecule has 6 rings (SSSR count).